The zero-order valence-electron chi connectivity index (χ0n) is 14.6. The maximum absolute atomic E-state index is 13.6. The lowest BCUT2D eigenvalue weighted by molar-refractivity contribution is -0.144. The molecule has 0 saturated carbocycles. The van der Waals surface area contributed by atoms with Crippen molar-refractivity contribution < 1.29 is 17.6 Å². The van der Waals surface area contributed by atoms with Crippen LogP contribution < -0.4 is 10.6 Å². The molecular weight excluding hydrogens is 370 g/mol. The average molecular weight is 387 g/mol. The third-order valence-corrected chi connectivity index (χ3v) is 4.10. The molecule has 0 amide bonds. The van der Waals surface area contributed by atoms with E-state index in [1.165, 1.54) is 42.5 Å². The van der Waals surface area contributed by atoms with Gasteiger partial charge in [-0.25, -0.2) is 4.39 Å². The van der Waals surface area contributed by atoms with Gasteiger partial charge in [0, 0.05) is 28.8 Å². The van der Waals surface area contributed by atoms with Crippen LogP contribution in [0.4, 0.5) is 34.6 Å². The molecule has 3 N–H and O–H groups in total. The molecule has 0 bridgehead atoms. The van der Waals surface area contributed by atoms with Crippen molar-refractivity contribution in [1.29, 1.82) is 5.41 Å². The lowest BCUT2D eigenvalue weighted by atomic mass is 10.0. The average Bonchev–Trinajstić information content (AvgIpc) is 2.68. The van der Waals surface area contributed by atoms with Crippen LogP contribution in [-0.2, 0) is 0 Å². The van der Waals surface area contributed by atoms with Crippen LogP contribution in [0.5, 0.6) is 0 Å². The number of nitrogens with one attached hydrogen (secondary N) is 3. The fourth-order valence-corrected chi connectivity index (χ4v) is 2.74. The van der Waals surface area contributed by atoms with Crippen LogP contribution in [-0.4, -0.2) is 12.4 Å². The second-order valence-electron chi connectivity index (χ2n) is 6.11. The van der Waals surface area contributed by atoms with Crippen LogP contribution in [0.25, 0.3) is 0 Å². The lowest BCUT2D eigenvalue weighted by Crippen LogP contribution is -2.28. The fourth-order valence-electron chi connectivity index (χ4n) is 2.74. The summed E-state index contributed by atoms with van der Waals surface area (Å²) in [5.41, 5.74) is 1.62. The summed E-state index contributed by atoms with van der Waals surface area (Å²) >= 11 is 0. The van der Waals surface area contributed by atoms with Gasteiger partial charge in [-0.05, 0) is 54.1 Å². The van der Waals surface area contributed by atoms with Gasteiger partial charge < -0.3 is 16.0 Å². The molecule has 0 aliphatic carbocycles. The van der Waals surface area contributed by atoms with E-state index in [4.69, 9.17) is 5.41 Å². The Hall–Kier alpha value is -3.35. The minimum Gasteiger partial charge on any atom is -0.370 e. The van der Waals surface area contributed by atoms with Crippen molar-refractivity contribution in [3.63, 3.8) is 0 Å². The normalized spacial score (nSPS) is 12.3. The van der Waals surface area contributed by atoms with Crippen LogP contribution in [0.2, 0.25) is 0 Å². The number of anilines is 3. The molecule has 0 saturated heterocycles. The topological polar surface area (TPSA) is 47.9 Å². The highest BCUT2D eigenvalue weighted by Gasteiger charge is 2.41. The first-order valence-electron chi connectivity index (χ1n) is 8.42. The van der Waals surface area contributed by atoms with Crippen LogP contribution >= 0.6 is 0 Å². The van der Waals surface area contributed by atoms with E-state index in [2.05, 4.69) is 10.6 Å². The monoisotopic (exact) mass is 387 g/mol. The Morgan fingerprint density at radius 1 is 0.857 bits per heavy atom. The smallest absolute Gasteiger partial charge is 0.370 e. The maximum atomic E-state index is 13.6. The second kappa shape index (κ2) is 8.12. The second-order valence-corrected chi connectivity index (χ2v) is 6.11. The van der Waals surface area contributed by atoms with Gasteiger partial charge in [0.2, 0.25) is 0 Å². The highest BCUT2D eigenvalue weighted by molar-refractivity contribution is 5.87. The summed E-state index contributed by atoms with van der Waals surface area (Å²) in [6.07, 6.45) is -3.55. The minimum absolute atomic E-state index is 0.0143. The molecule has 0 fully saturated rings. The van der Waals surface area contributed by atoms with E-state index in [1.54, 1.807) is 30.3 Å². The molecule has 0 aliphatic heterocycles. The van der Waals surface area contributed by atoms with Crippen molar-refractivity contribution in [1.82, 2.24) is 0 Å². The molecule has 1 atom stereocenters. The Balaban J connectivity index is 1.91. The molecule has 0 radical (unpaired) electrons. The summed E-state index contributed by atoms with van der Waals surface area (Å²) in [5.74, 6) is -0.395. The van der Waals surface area contributed by atoms with Crippen molar-refractivity contribution in [2.24, 2.45) is 0 Å². The minimum atomic E-state index is -4.53. The van der Waals surface area contributed by atoms with Gasteiger partial charge in [0.05, 0.1) is 0 Å². The van der Waals surface area contributed by atoms with E-state index >= 15 is 0 Å². The predicted octanol–water partition coefficient (Wildman–Crippen LogP) is 6.28. The third-order valence-electron chi connectivity index (χ3n) is 4.10. The quantitative estimate of drug-likeness (QED) is 0.344. The molecule has 0 aliphatic rings. The summed E-state index contributed by atoms with van der Waals surface area (Å²) in [4.78, 5) is 0. The van der Waals surface area contributed by atoms with Gasteiger partial charge in [-0.15, -0.1) is 0 Å². The molecule has 0 aromatic heterocycles. The van der Waals surface area contributed by atoms with E-state index in [0.29, 0.717) is 17.1 Å². The van der Waals surface area contributed by atoms with Crippen LogP contribution in [0.1, 0.15) is 17.2 Å². The zero-order chi connectivity index (χ0) is 20.1. The van der Waals surface area contributed by atoms with Crippen molar-refractivity contribution in [3.05, 3.63) is 89.7 Å². The van der Waals surface area contributed by atoms with Crippen molar-refractivity contribution in [2.75, 3.05) is 10.6 Å². The summed E-state index contributed by atoms with van der Waals surface area (Å²) in [6.45, 7) is 0. The van der Waals surface area contributed by atoms with Gasteiger partial charge in [0.25, 0.3) is 0 Å². The third kappa shape index (κ3) is 4.68. The van der Waals surface area contributed by atoms with Crippen molar-refractivity contribution in [2.45, 2.75) is 12.2 Å². The predicted molar refractivity (Wildman–Crippen MR) is 103 cm³/mol. The fraction of sp³-hybridized carbons (Fsp3) is 0.0952. The highest BCUT2D eigenvalue weighted by Crippen LogP contribution is 2.37. The number of hydrogen-bond acceptors (Lipinski definition) is 3. The SMILES string of the molecule is N=Cc1cc(C(Nc2ccccc2)C(F)(F)F)ccc1Nc1ccc(F)cc1. The number of para-hydroxylation sites is 1. The molecule has 144 valence electrons. The van der Waals surface area contributed by atoms with Gasteiger partial charge in [0.1, 0.15) is 11.9 Å². The first-order valence-corrected chi connectivity index (χ1v) is 8.42. The standard InChI is InChI=1S/C21H17F4N3/c22-16-7-9-18(10-8-16)27-19-11-6-14(12-15(19)13-26)20(21(23,24)25)28-17-4-2-1-3-5-17/h1-13,20,26-28H. The van der Waals surface area contributed by atoms with Gasteiger partial charge in [-0.2, -0.15) is 13.2 Å². The first-order chi connectivity index (χ1) is 13.4. The summed E-state index contributed by atoms with van der Waals surface area (Å²) < 4.78 is 54.0. The summed E-state index contributed by atoms with van der Waals surface area (Å²) in [6, 6.07) is 15.9. The first kappa shape index (κ1) is 19.4. The molecule has 3 aromatic rings. The molecule has 1 unspecified atom stereocenters. The molecule has 7 heteroatoms. The Labute approximate surface area is 159 Å². The van der Waals surface area contributed by atoms with E-state index in [-0.39, 0.29) is 11.1 Å². The number of halogens is 4. The Morgan fingerprint density at radius 2 is 1.54 bits per heavy atom. The Bertz CT molecular complexity index is 938. The summed E-state index contributed by atoms with van der Waals surface area (Å²) in [7, 11) is 0. The maximum Gasteiger partial charge on any atom is 0.412 e. The Kier molecular flexibility index (Phi) is 5.63. The van der Waals surface area contributed by atoms with Gasteiger partial charge in [-0.1, -0.05) is 24.3 Å². The number of alkyl halides is 3. The van der Waals surface area contributed by atoms with Gasteiger partial charge in [-0.3, -0.25) is 0 Å². The Morgan fingerprint density at radius 3 is 2.14 bits per heavy atom. The van der Waals surface area contributed by atoms with Crippen LogP contribution in [0.3, 0.4) is 0 Å². The molecule has 3 aromatic carbocycles. The van der Waals surface area contributed by atoms with Gasteiger partial charge in [0.15, 0.2) is 0 Å². The van der Waals surface area contributed by atoms with E-state index in [1.807, 2.05) is 0 Å². The largest absolute Gasteiger partial charge is 0.412 e. The zero-order valence-corrected chi connectivity index (χ0v) is 14.6. The highest BCUT2D eigenvalue weighted by atomic mass is 19.4. The van der Waals surface area contributed by atoms with Crippen molar-refractivity contribution in [3.8, 4) is 0 Å². The summed E-state index contributed by atoms with van der Waals surface area (Å²) in [5, 5.41) is 13.1. The molecule has 0 heterocycles. The van der Waals surface area contributed by atoms with E-state index in [0.717, 1.165) is 6.21 Å². The van der Waals surface area contributed by atoms with Crippen LogP contribution in [0, 0.1) is 11.2 Å². The molecule has 0 spiro atoms. The van der Waals surface area contributed by atoms with Gasteiger partial charge >= 0.3 is 6.18 Å². The molecular formula is C21H17F4N3. The van der Waals surface area contributed by atoms with E-state index in [9.17, 15) is 17.6 Å². The lowest BCUT2D eigenvalue weighted by Gasteiger charge is -2.24. The number of hydrogen-bond donors (Lipinski definition) is 3. The molecule has 3 rings (SSSR count). The van der Waals surface area contributed by atoms with Crippen molar-refractivity contribution >= 4 is 23.3 Å². The van der Waals surface area contributed by atoms with Crippen LogP contribution in [0.15, 0.2) is 72.8 Å². The number of benzene rings is 3. The molecule has 28 heavy (non-hydrogen) atoms. The van der Waals surface area contributed by atoms with E-state index < -0.39 is 18.0 Å². The molecule has 3 nitrogen and oxygen atoms in total. The number of rotatable bonds is 6.